The Bertz CT molecular complexity index is 900. The summed E-state index contributed by atoms with van der Waals surface area (Å²) >= 11 is 0. The zero-order valence-electron chi connectivity index (χ0n) is 19.7. The lowest BCUT2D eigenvalue weighted by atomic mass is 9.94. The number of hydrogen-bond donors (Lipinski definition) is 5. The van der Waals surface area contributed by atoms with E-state index in [1.807, 2.05) is 11.8 Å². The van der Waals surface area contributed by atoms with Crippen molar-refractivity contribution in [1.82, 2.24) is 26.2 Å². The van der Waals surface area contributed by atoms with Crippen LogP contribution in [0, 0.1) is 5.92 Å². The van der Waals surface area contributed by atoms with Gasteiger partial charge in [-0.2, -0.15) is 0 Å². The van der Waals surface area contributed by atoms with E-state index in [0.29, 0.717) is 31.1 Å². The van der Waals surface area contributed by atoms with Crippen molar-refractivity contribution in [2.24, 2.45) is 5.92 Å². The Balaban J connectivity index is 1.52. The van der Waals surface area contributed by atoms with Gasteiger partial charge < -0.3 is 31.3 Å². The molecule has 1 atom stereocenters. The molecule has 0 radical (unpaired) electrons. The van der Waals surface area contributed by atoms with E-state index in [2.05, 4.69) is 21.3 Å². The van der Waals surface area contributed by atoms with Crippen LogP contribution >= 0.6 is 0 Å². The predicted molar refractivity (Wildman–Crippen MR) is 127 cm³/mol. The highest BCUT2D eigenvalue weighted by Gasteiger charge is 2.29. The average Bonchev–Trinajstić information content (AvgIpc) is 3.15. The molecule has 0 aliphatic carbocycles. The first-order valence-corrected chi connectivity index (χ1v) is 12.1. The largest absolute Gasteiger partial charge is 0.480 e. The fraction of sp³-hybridized carbons (Fsp3) is 0.583. The number of unbranched alkanes of at least 4 members (excludes halogenated alkanes) is 1. The van der Waals surface area contributed by atoms with Crippen LogP contribution in [0.15, 0.2) is 18.2 Å². The maximum Gasteiger partial charge on any atom is 0.328 e. The summed E-state index contributed by atoms with van der Waals surface area (Å²) in [5, 5.41) is 20.2. The van der Waals surface area contributed by atoms with E-state index in [0.717, 1.165) is 50.8 Å². The van der Waals surface area contributed by atoms with Crippen LogP contribution in [0.5, 0.6) is 0 Å². The fourth-order valence-electron chi connectivity index (χ4n) is 4.28. The minimum atomic E-state index is -1.27. The molecule has 1 fully saturated rings. The minimum Gasteiger partial charge on any atom is -0.480 e. The predicted octanol–water partition coefficient (Wildman–Crippen LogP) is 1.31. The molecule has 1 aromatic rings. The standard InChI is InChI=1S/C24H35N5O5/c1-2-3-9-26-24(34)28-20(23(32)33)14-27-21(30)17-4-5-18-15-29(22(31)19(18)13-17)12-8-16-6-10-25-11-7-16/h4-5,13,16,20,25H,2-3,6-12,14-15H2,1H3,(H,27,30)(H,32,33)(H2,26,28,34)/t20-/m0/s1. The van der Waals surface area contributed by atoms with E-state index >= 15 is 0 Å². The lowest BCUT2D eigenvalue weighted by molar-refractivity contribution is -0.139. The van der Waals surface area contributed by atoms with E-state index in [1.165, 1.54) is 0 Å². The number of carboxylic acid groups (broad SMARTS) is 1. The number of nitrogens with one attached hydrogen (secondary N) is 4. The summed E-state index contributed by atoms with van der Waals surface area (Å²) in [6.45, 7) is 5.44. The van der Waals surface area contributed by atoms with Crippen LogP contribution in [-0.2, 0) is 11.3 Å². The number of rotatable bonds is 11. The highest BCUT2D eigenvalue weighted by molar-refractivity contribution is 6.02. The highest BCUT2D eigenvalue weighted by atomic mass is 16.4. The quantitative estimate of drug-likeness (QED) is 0.307. The fourth-order valence-corrected chi connectivity index (χ4v) is 4.28. The van der Waals surface area contributed by atoms with Gasteiger partial charge in [0.25, 0.3) is 11.8 Å². The summed E-state index contributed by atoms with van der Waals surface area (Å²) in [5.41, 5.74) is 1.69. The molecule has 0 saturated carbocycles. The van der Waals surface area contributed by atoms with Crippen molar-refractivity contribution in [1.29, 1.82) is 0 Å². The van der Waals surface area contributed by atoms with Crippen molar-refractivity contribution in [3.63, 3.8) is 0 Å². The molecule has 4 amide bonds. The number of fused-ring (bicyclic) bond motifs is 1. The topological polar surface area (TPSA) is 140 Å². The summed E-state index contributed by atoms with van der Waals surface area (Å²) in [4.78, 5) is 50.7. The molecule has 0 unspecified atom stereocenters. The second kappa shape index (κ2) is 12.4. The Kier molecular flexibility index (Phi) is 9.26. The van der Waals surface area contributed by atoms with E-state index in [4.69, 9.17) is 0 Å². The summed E-state index contributed by atoms with van der Waals surface area (Å²) in [7, 11) is 0. The van der Waals surface area contributed by atoms with Crippen LogP contribution in [0.1, 0.15) is 65.3 Å². The third kappa shape index (κ3) is 6.93. The number of urea groups is 1. The van der Waals surface area contributed by atoms with Crippen LogP contribution < -0.4 is 21.3 Å². The number of amides is 4. The Hall–Kier alpha value is -3.14. The summed E-state index contributed by atoms with van der Waals surface area (Å²) < 4.78 is 0. The zero-order valence-corrected chi connectivity index (χ0v) is 19.7. The second-order valence-electron chi connectivity index (χ2n) is 8.94. The molecule has 186 valence electrons. The van der Waals surface area contributed by atoms with Crippen molar-refractivity contribution in [3.8, 4) is 0 Å². The number of aliphatic carboxylic acids is 1. The van der Waals surface area contributed by atoms with Gasteiger partial charge in [-0.25, -0.2) is 9.59 Å². The van der Waals surface area contributed by atoms with Gasteiger partial charge in [0.1, 0.15) is 6.04 Å². The van der Waals surface area contributed by atoms with E-state index in [-0.39, 0.29) is 18.0 Å². The van der Waals surface area contributed by atoms with Crippen LogP contribution in [0.4, 0.5) is 4.79 Å². The van der Waals surface area contributed by atoms with E-state index in [9.17, 15) is 24.3 Å². The third-order valence-electron chi connectivity index (χ3n) is 6.40. The maximum absolute atomic E-state index is 12.9. The second-order valence-corrected chi connectivity index (χ2v) is 8.94. The molecule has 2 aliphatic heterocycles. The van der Waals surface area contributed by atoms with Crippen molar-refractivity contribution in [3.05, 3.63) is 34.9 Å². The molecule has 1 aromatic carbocycles. The van der Waals surface area contributed by atoms with Crippen LogP contribution in [0.3, 0.4) is 0 Å². The molecule has 0 bridgehead atoms. The van der Waals surface area contributed by atoms with Gasteiger partial charge in [-0.05, 0) is 62.4 Å². The van der Waals surface area contributed by atoms with Crippen LogP contribution in [-0.4, -0.2) is 72.6 Å². The van der Waals surface area contributed by atoms with Gasteiger partial charge in [0, 0.05) is 37.3 Å². The first-order valence-electron chi connectivity index (χ1n) is 12.1. The number of carbonyl (C=O) groups is 4. The normalized spacial score (nSPS) is 16.6. The molecular formula is C24H35N5O5. The first-order chi connectivity index (χ1) is 16.4. The van der Waals surface area contributed by atoms with Crippen molar-refractivity contribution in [2.75, 3.05) is 32.7 Å². The average molecular weight is 474 g/mol. The van der Waals surface area contributed by atoms with Crippen LogP contribution in [0.2, 0.25) is 0 Å². The number of hydrogen-bond acceptors (Lipinski definition) is 5. The lowest BCUT2D eigenvalue weighted by Crippen LogP contribution is -2.51. The van der Waals surface area contributed by atoms with Crippen molar-refractivity contribution < 1.29 is 24.3 Å². The molecule has 1 saturated heterocycles. The van der Waals surface area contributed by atoms with Gasteiger partial charge in [-0.15, -0.1) is 0 Å². The number of carboxylic acids is 1. The monoisotopic (exact) mass is 473 g/mol. The van der Waals surface area contributed by atoms with Crippen molar-refractivity contribution in [2.45, 2.75) is 51.6 Å². The molecule has 2 aliphatic rings. The van der Waals surface area contributed by atoms with Gasteiger partial charge in [0.2, 0.25) is 0 Å². The molecule has 0 aromatic heterocycles. The molecule has 34 heavy (non-hydrogen) atoms. The lowest BCUT2D eigenvalue weighted by Gasteiger charge is -2.25. The molecule has 10 nitrogen and oxygen atoms in total. The Morgan fingerprint density at radius 2 is 1.97 bits per heavy atom. The maximum atomic E-state index is 12.9. The first kappa shape index (κ1) is 25.5. The number of carbonyl (C=O) groups excluding carboxylic acids is 3. The molecule has 0 spiro atoms. The number of piperidine rings is 1. The SMILES string of the molecule is CCCCNC(=O)N[C@@H](CNC(=O)c1ccc2c(c1)C(=O)N(CCC1CCNCC1)C2)C(=O)O. The smallest absolute Gasteiger partial charge is 0.328 e. The number of nitrogens with zero attached hydrogens (tertiary/aromatic N) is 1. The van der Waals surface area contributed by atoms with Crippen molar-refractivity contribution >= 4 is 23.8 Å². The molecule has 3 rings (SSSR count). The molecular weight excluding hydrogens is 438 g/mol. The number of benzene rings is 1. The van der Waals surface area contributed by atoms with Gasteiger partial charge >= 0.3 is 12.0 Å². The van der Waals surface area contributed by atoms with E-state index in [1.54, 1.807) is 18.2 Å². The van der Waals surface area contributed by atoms with Gasteiger partial charge in [0.05, 0.1) is 0 Å². The van der Waals surface area contributed by atoms with Gasteiger partial charge in [0.15, 0.2) is 0 Å². The summed E-state index contributed by atoms with van der Waals surface area (Å²) in [5.74, 6) is -1.20. The minimum absolute atomic E-state index is 0.0765. The Labute approximate surface area is 199 Å². The third-order valence-corrected chi connectivity index (χ3v) is 6.40. The molecule has 2 heterocycles. The summed E-state index contributed by atoms with van der Waals surface area (Å²) in [6.07, 6.45) is 4.93. The molecule has 10 heteroatoms. The van der Waals surface area contributed by atoms with E-state index < -0.39 is 23.9 Å². The summed E-state index contributed by atoms with van der Waals surface area (Å²) in [6, 6.07) is 3.12. The van der Waals surface area contributed by atoms with Gasteiger partial charge in [-0.3, -0.25) is 9.59 Å². The Morgan fingerprint density at radius 3 is 2.68 bits per heavy atom. The zero-order chi connectivity index (χ0) is 24.5. The Morgan fingerprint density at radius 1 is 1.21 bits per heavy atom. The molecule has 5 N–H and O–H groups in total. The van der Waals surface area contributed by atoms with Gasteiger partial charge in [-0.1, -0.05) is 19.4 Å². The highest BCUT2D eigenvalue weighted by Crippen LogP contribution is 2.26. The van der Waals surface area contributed by atoms with Crippen LogP contribution in [0.25, 0.3) is 0 Å².